The number of rotatable bonds is 4. The van der Waals surface area contributed by atoms with Crippen LogP contribution in [0.3, 0.4) is 0 Å². The van der Waals surface area contributed by atoms with Crippen LogP contribution in [0.5, 0.6) is 0 Å². The molecule has 1 N–H and O–H groups in total. The molecule has 0 radical (unpaired) electrons. The van der Waals surface area contributed by atoms with Gasteiger partial charge in [0.2, 0.25) is 0 Å². The molecule has 5 heteroatoms. The number of esters is 1. The Morgan fingerprint density at radius 3 is 2.48 bits per heavy atom. The Balaban J connectivity index is 2.02. The third-order valence-electron chi connectivity index (χ3n) is 4.04. The van der Waals surface area contributed by atoms with Crippen LogP contribution in [-0.4, -0.2) is 30.1 Å². The minimum absolute atomic E-state index is 0.0868. The monoisotopic (exact) mass is 336 g/mol. The van der Waals surface area contributed by atoms with Crippen molar-refractivity contribution in [2.75, 3.05) is 11.9 Å². The minimum Gasteiger partial charge on any atom is -0.461 e. The smallest absolute Gasteiger partial charge is 0.355 e. The van der Waals surface area contributed by atoms with Crippen molar-refractivity contribution < 1.29 is 14.3 Å². The first-order valence-electron chi connectivity index (χ1n) is 8.23. The van der Waals surface area contributed by atoms with Crippen LogP contribution in [0.25, 0.3) is 0 Å². The summed E-state index contributed by atoms with van der Waals surface area (Å²) in [6.07, 6.45) is 0. The molecule has 0 amide bonds. The highest BCUT2D eigenvalue weighted by atomic mass is 16.5. The molecule has 0 aliphatic carbocycles. The summed E-state index contributed by atoms with van der Waals surface area (Å²) in [6.45, 7) is 5.85. The summed E-state index contributed by atoms with van der Waals surface area (Å²) < 4.78 is 5.09. The molecule has 0 saturated heterocycles. The number of anilines is 1. The van der Waals surface area contributed by atoms with Gasteiger partial charge in [0.1, 0.15) is 6.04 Å². The molecule has 2 aromatic rings. The van der Waals surface area contributed by atoms with E-state index >= 15 is 0 Å². The molecule has 1 atom stereocenters. The van der Waals surface area contributed by atoms with E-state index in [0.29, 0.717) is 11.3 Å². The van der Waals surface area contributed by atoms with Gasteiger partial charge in [0.15, 0.2) is 11.5 Å². The number of benzene rings is 2. The summed E-state index contributed by atoms with van der Waals surface area (Å²) in [5.74, 6) is -0.760. The van der Waals surface area contributed by atoms with Gasteiger partial charge in [-0.1, -0.05) is 29.3 Å². The normalized spacial score (nSPS) is 16.0. The number of hydrogen-bond acceptors (Lipinski definition) is 5. The summed E-state index contributed by atoms with van der Waals surface area (Å²) in [5, 5.41) is 3.13. The molecule has 25 heavy (non-hydrogen) atoms. The predicted octanol–water partition coefficient (Wildman–Crippen LogP) is 3.62. The average molecular weight is 336 g/mol. The highest BCUT2D eigenvalue weighted by molar-refractivity contribution is 6.46. The predicted molar refractivity (Wildman–Crippen MR) is 97.8 cm³/mol. The number of Topliss-reactive ketones (excluding diaryl/α,β-unsaturated/α-hetero) is 1. The number of carbonyl (C=O) groups excluding carboxylic acids is 2. The molecule has 1 heterocycles. The zero-order valence-corrected chi connectivity index (χ0v) is 14.5. The second-order valence-electron chi connectivity index (χ2n) is 6.05. The fourth-order valence-corrected chi connectivity index (χ4v) is 2.74. The lowest BCUT2D eigenvalue weighted by Gasteiger charge is -2.24. The van der Waals surface area contributed by atoms with E-state index in [1.165, 1.54) is 0 Å². The lowest BCUT2D eigenvalue weighted by molar-refractivity contribution is -0.135. The number of aliphatic imine (C=N–C) groups is 1. The summed E-state index contributed by atoms with van der Waals surface area (Å²) >= 11 is 0. The fourth-order valence-electron chi connectivity index (χ4n) is 2.74. The maximum atomic E-state index is 13.0. The van der Waals surface area contributed by atoms with Gasteiger partial charge in [0, 0.05) is 11.3 Å². The third-order valence-corrected chi connectivity index (χ3v) is 4.04. The summed E-state index contributed by atoms with van der Waals surface area (Å²) in [7, 11) is 0. The first-order chi connectivity index (χ1) is 12.0. The Bertz CT molecular complexity index is 854. The van der Waals surface area contributed by atoms with E-state index in [1.807, 2.05) is 44.2 Å². The van der Waals surface area contributed by atoms with Crippen molar-refractivity contribution in [3.8, 4) is 0 Å². The number of nitrogens with zero attached hydrogens (tertiary/aromatic N) is 1. The molecule has 128 valence electrons. The molecular weight excluding hydrogens is 316 g/mol. The molecule has 0 aromatic heterocycles. The van der Waals surface area contributed by atoms with E-state index in [9.17, 15) is 9.59 Å². The van der Waals surface area contributed by atoms with Gasteiger partial charge in [-0.05, 0) is 45.0 Å². The van der Waals surface area contributed by atoms with Gasteiger partial charge in [-0.2, -0.15) is 0 Å². The van der Waals surface area contributed by atoms with Crippen molar-refractivity contribution >= 4 is 28.8 Å². The molecule has 1 aliphatic heterocycles. The van der Waals surface area contributed by atoms with Crippen LogP contribution >= 0.6 is 0 Å². The molecule has 0 saturated carbocycles. The quantitative estimate of drug-likeness (QED) is 0.866. The number of nitrogens with one attached hydrogen (secondary N) is 1. The Morgan fingerprint density at radius 2 is 1.80 bits per heavy atom. The van der Waals surface area contributed by atoms with E-state index in [4.69, 9.17) is 4.74 Å². The Labute approximate surface area is 146 Å². The number of ether oxygens (including phenoxy) is 1. The largest absolute Gasteiger partial charge is 0.461 e. The highest BCUT2D eigenvalue weighted by Gasteiger charge is 2.36. The zero-order valence-electron chi connectivity index (χ0n) is 14.5. The minimum atomic E-state index is -0.865. The van der Waals surface area contributed by atoms with Crippen LogP contribution in [0.4, 0.5) is 11.4 Å². The van der Waals surface area contributed by atoms with Crippen LogP contribution in [0.2, 0.25) is 0 Å². The van der Waals surface area contributed by atoms with Crippen LogP contribution in [0.15, 0.2) is 47.5 Å². The fraction of sp³-hybridized carbons (Fsp3) is 0.250. The van der Waals surface area contributed by atoms with Crippen molar-refractivity contribution in [3.05, 3.63) is 59.2 Å². The maximum Gasteiger partial charge on any atom is 0.355 e. The van der Waals surface area contributed by atoms with Gasteiger partial charge in [-0.3, -0.25) is 4.79 Å². The van der Waals surface area contributed by atoms with Gasteiger partial charge in [-0.15, -0.1) is 0 Å². The van der Waals surface area contributed by atoms with E-state index < -0.39 is 12.0 Å². The molecule has 0 bridgehead atoms. The topological polar surface area (TPSA) is 67.8 Å². The van der Waals surface area contributed by atoms with Gasteiger partial charge in [0.25, 0.3) is 0 Å². The first-order valence-corrected chi connectivity index (χ1v) is 8.23. The van der Waals surface area contributed by atoms with Crippen LogP contribution in [-0.2, 0) is 9.53 Å². The number of ketones is 1. The van der Waals surface area contributed by atoms with E-state index in [2.05, 4.69) is 10.3 Å². The molecule has 1 unspecified atom stereocenters. The number of aryl methyl sites for hydroxylation is 2. The number of fused-ring (bicyclic) bond motifs is 1. The second kappa shape index (κ2) is 6.89. The van der Waals surface area contributed by atoms with Gasteiger partial charge >= 0.3 is 5.97 Å². The first kappa shape index (κ1) is 16.9. The zero-order chi connectivity index (χ0) is 18.0. The standard InChI is InChI=1S/C20H20N2O3/c1-4-25-20(24)18-17(21-14-8-5-12(2)6-9-14)19(23)15-11-13(3)7-10-16(15)22-18/h5-11,17,21H,4H2,1-3H3. The van der Waals surface area contributed by atoms with Crippen molar-refractivity contribution in [3.63, 3.8) is 0 Å². The lowest BCUT2D eigenvalue weighted by atomic mass is 9.93. The molecule has 1 aliphatic rings. The van der Waals surface area contributed by atoms with Crippen molar-refractivity contribution in [2.45, 2.75) is 26.8 Å². The Hall–Kier alpha value is -2.95. The van der Waals surface area contributed by atoms with E-state index in [0.717, 1.165) is 16.8 Å². The average Bonchev–Trinajstić information content (AvgIpc) is 2.59. The van der Waals surface area contributed by atoms with Gasteiger partial charge in [0.05, 0.1) is 12.3 Å². The Kier molecular flexibility index (Phi) is 4.65. The highest BCUT2D eigenvalue weighted by Crippen LogP contribution is 2.29. The maximum absolute atomic E-state index is 13.0. The van der Waals surface area contributed by atoms with Crippen molar-refractivity contribution in [1.82, 2.24) is 0 Å². The summed E-state index contributed by atoms with van der Waals surface area (Å²) in [6, 6.07) is 12.2. The summed E-state index contributed by atoms with van der Waals surface area (Å²) in [4.78, 5) is 29.7. The van der Waals surface area contributed by atoms with Crippen molar-refractivity contribution in [2.24, 2.45) is 4.99 Å². The van der Waals surface area contributed by atoms with E-state index in [1.54, 1.807) is 19.1 Å². The molecule has 3 rings (SSSR count). The molecule has 0 fully saturated rings. The Morgan fingerprint density at radius 1 is 1.12 bits per heavy atom. The summed E-state index contributed by atoms with van der Waals surface area (Å²) in [5.41, 5.74) is 3.93. The molecule has 2 aromatic carbocycles. The van der Waals surface area contributed by atoms with Crippen LogP contribution in [0, 0.1) is 13.8 Å². The van der Waals surface area contributed by atoms with Crippen molar-refractivity contribution in [1.29, 1.82) is 0 Å². The SMILES string of the molecule is CCOC(=O)C1=Nc2ccc(C)cc2C(=O)C1Nc1ccc(C)cc1. The molecule has 0 spiro atoms. The lowest BCUT2D eigenvalue weighted by Crippen LogP contribution is -2.44. The second-order valence-corrected chi connectivity index (χ2v) is 6.05. The van der Waals surface area contributed by atoms with Crippen LogP contribution < -0.4 is 5.32 Å². The van der Waals surface area contributed by atoms with Gasteiger partial charge < -0.3 is 10.1 Å². The van der Waals surface area contributed by atoms with Gasteiger partial charge in [-0.25, -0.2) is 9.79 Å². The molecular formula is C20H20N2O3. The van der Waals surface area contributed by atoms with E-state index in [-0.39, 0.29) is 18.1 Å². The number of carbonyl (C=O) groups is 2. The molecule has 5 nitrogen and oxygen atoms in total. The number of hydrogen-bond donors (Lipinski definition) is 1. The third kappa shape index (κ3) is 3.45. The van der Waals surface area contributed by atoms with Crippen LogP contribution in [0.1, 0.15) is 28.4 Å².